The molecule has 1 nitrogen and oxygen atoms in total. The van der Waals surface area contributed by atoms with Crippen LogP contribution in [0, 0.1) is 13.8 Å². The summed E-state index contributed by atoms with van der Waals surface area (Å²) in [4.78, 5) is 1.36. The summed E-state index contributed by atoms with van der Waals surface area (Å²) in [6.45, 7) is 5.39. The zero-order valence-electron chi connectivity index (χ0n) is 12.9. The minimum atomic E-state index is 0.778. The number of rotatable bonds is 6. The molecule has 0 amide bonds. The number of nitrogens with one attached hydrogen (secondary N) is 1. The normalized spacial score (nSPS) is 14.4. The van der Waals surface area contributed by atoms with Gasteiger partial charge >= 0.3 is 0 Å². The van der Waals surface area contributed by atoms with Crippen LogP contribution in [0.1, 0.15) is 35.1 Å². The fraction of sp³-hybridized carbons (Fsp3) is 0.368. The van der Waals surface area contributed by atoms with E-state index in [9.17, 15) is 0 Å². The van der Waals surface area contributed by atoms with Gasteiger partial charge in [0, 0.05) is 23.2 Å². The number of hydrogen-bond acceptors (Lipinski definition) is 2. The first-order chi connectivity index (χ1) is 10.2. The minimum Gasteiger partial charge on any atom is -0.310 e. The van der Waals surface area contributed by atoms with E-state index in [1.54, 1.807) is 0 Å². The molecule has 0 saturated heterocycles. The highest BCUT2D eigenvalue weighted by molar-refractivity contribution is 7.98. The lowest BCUT2D eigenvalue weighted by Gasteiger charge is -2.09. The fourth-order valence-electron chi connectivity index (χ4n) is 2.47. The largest absolute Gasteiger partial charge is 0.310 e. The molecule has 0 radical (unpaired) electrons. The van der Waals surface area contributed by atoms with Gasteiger partial charge in [0.05, 0.1) is 0 Å². The van der Waals surface area contributed by atoms with Crippen molar-refractivity contribution >= 4 is 11.8 Å². The second kappa shape index (κ2) is 6.67. The van der Waals surface area contributed by atoms with Crippen molar-refractivity contribution in [1.82, 2.24) is 5.32 Å². The van der Waals surface area contributed by atoms with Gasteiger partial charge in [-0.2, -0.15) is 0 Å². The maximum atomic E-state index is 3.59. The molecule has 2 heteroatoms. The Kier molecular flexibility index (Phi) is 4.67. The third-order valence-corrected chi connectivity index (χ3v) is 5.03. The standard InChI is InChI=1S/C19H23NS/c1-14-4-3-5-16(10-14)13-21-19-9-6-17(15(2)11-19)12-20-18-7-8-18/h3-6,9-11,18,20H,7-8,12-13H2,1-2H3. The summed E-state index contributed by atoms with van der Waals surface area (Å²) in [5, 5.41) is 3.59. The molecule has 1 fully saturated rings. The summed E-state index contributed by atoms with van der Waals surface area (Å²) >= 11 is 1.92. The van der Waals surface area contributed by atoms with Crippen molar-refractivity contribution in [2.45, 2.75) is 49.9 Å². The molecule has 0 unspecified atom stereocenters. The second-order valence-corrected chi connectivity index (χ2v) is 7.07. The zero-order chi connectivity index (χ0) is 14.7. The lowest BCUT2D eigenvalue weighted by molar-refractivity contribution is 0.685. The first-order valence-electron chi connectivity index (χ1n) is 7.72. The molecular weight excluding hydrogens is 274 g/mol. The van der Waals surface area contributed by atoms with Crippen LogP contribution in [0.5, 0.6) is 0 Å². The molecule has 0 bridgehead atoms. The molecular formula is C19H23NS. The number of hydrogen-bond donors (Lipinski definition) is 1. The molecule has 110 valence electrons. The van der Waals surface area contributed by atoms with Gasteiger partial charge in [-0.05, 0) is 55.5 Å². The fourth-order valence-corrected chi connectivity index (χ4v) is 3.40. The molecule has 21 heavy (non-hydrogen) atoms. The average molecular weight is 297 g/mol. The van der Waals surface area contributed by atoms with Gasteiger partial charge in [0.2, 0.25) is 0 Å². The lowest BCUT2D eigenvalue weighted by Crippen LogP contribution is -2.15. The highest BCUT2D eigenvalue weighted by Gasteiger charge is 2.20. The third-order valence-electron chi connectivity index (χ3n) is 3.96. The summed E-state index contributed by atoms with van der Waals surface area (Å²) in [5.74, 6) is 1.04. The summed E-state index contributed by atoms with van der Waals surface area (Å²) in [5.41, 5.74) is 5.57. The van der Waals surface area contributed by atoms with Crippen molar-refractivity contribution in [1.29, 1.82) is 0 Å². The Hall–Kier alpha value is -1.25. The Balaban J connectivity index is 1.59. The second-order valence-electron chi connectivity index (χ2n) is 6.02. The van der Waals surface area contributed by atoms with Gasteiger partial charge < -0.3 is 5.32 Å². The van der Waals surface area contributed by atoms with Crippen molar-refractivity contribution in [3.8, 4) is 0 Å². The smallest absolute Gasteiger partial charge is 0.0232 e. The van der Waals surface area contributed by atoms with Gasteiger partial charge in [-0.1, -0.05) is 35.9 Å². The molecule has 0 spiro atoms. The highest BCUT2D eigenvalue weighted by atomic mass is 32.2. The van der Waals surface area contributed by atoms with E-state index < -0.39 is 0 Å². The van der Waals surface area contributed by atoms with E-state index in [0.29, 0.717) is 0 Å². The molecule has 2 aromatic carbocycles. The molecule has 3 rings (SSSR count). The molecule has 0 aromatic heterocycles. The summed E-state index contributed by atoms with van der Waals surface area (Å²) in [7, 11) is 0. The van der Waals surface area contributed by atoms with E-state index in [1.807, 2.05) is 11.8 Å². The summed E-state index contributed by atoms with van der Waals surface area (Å²) in [6.07, 6.45) is 2.70. The number of thioether (sulfide) groups is 1. The van der Waals surface area contributed by atoms with Crippen LogP contribution in [0.2, 0.25) is 0 Å². The maximum absolute atomic E-state index is 3.59. The number of aryl methyl sites for hydroxylation is 2. The third kappa shape index (κ3) is 4.36. The van der Waals surface area contributed by atoms with Gasteiger partial charge in [-0.15, -0.1) is 11.8 Å². The van der Waals surface area contributed by atoms with Gasteiger partial charge in [0.25, 0.3) is 0 Å². The first kappa shape index (κ1) is 14.7. The van der Waals surface area contributed by atoms with Crippen molar-refractivity contribution in [3.63, 3.8) is 0 Å². The molecule has 1 aliphatic rings. The van der Waals surface area contributed by atoms with E-state index in [0.717, 1.165) is 18.3 Å². The quantitative estimate of drug-likeness (QED) is 0.765. The van der Waals surface area contributed by atoms with Crippen LogP contribution in [-0.4, -0.2) is 6.04 Å². The van der Waals surface area contributed by atoms with Gasteiger partial charge in [0.15, 0.2) is 0 Å². The van der Waals surface area contributed by atoms with Gasteiger partial charge in [0.1, 0.15) is 0 Å². The summed E-state index contributed by atoms with van der Waals surface area (Å²) in [6, 6.07) is 16.4. The first-order valence-corrected chi connectivity index (χ1v) is 8.70. The molecule has 1 saturated carbocycles. The molecule has 1 N–H and O–H groups in total. The van der Waals surface area contributed by atoms with Crippen molar-refractivity contribution in [2.75, 3.05) is 0 Å². The summed E-state index contributed by atoms with van der Waals surface area (Å²) < 4.78 is 0. The lowest BCUT2D eigenvalue weighted by atomic mass is 10.1. The molecule has 0 atom stereocenters. The Bertz CT molecular complexity index is 617. The Morgan fingerprint density at radius 2 is 1.95 bits per heavy atom. The average Bonchev–Trinajstić information content (AvgIpc) is 3.28. The monoisotopic (exact) mass is 297 g/mol. The van der Waals surface area contributed by atoms with E-state index in [2.05, 4.69) is 61.6 Å². The minimum absolute atomic E-state index is 0.778. The van der Waals surface area contributed by atoms with E-state index in [1.165, 1.54) is 40.0 Å². The van der Waals surface area contributed by atoms with Crippen LogP contribution in [0.4, 0.5) is 0 Å². The molecule has 1 aliphatic carbocycles. The van der Waals surface area contributed by atoms with E-state index in [4.69, 9.17) is 0 Å². The van der Waals surface area contributed by atoms with Crippen LogP contribution < -0.4 is 5.32 Å². The van der Waals surface area contributed by atoms with Crippen molar-refractivity contribution in [2.24, 2.45) is 0 Å². The number of benzene rings is 2. The van der Waals surface area contributed by atoms with Gasteiger partial charge in [-0.25, -0.2) is 0 Å². The predicted molar refractivity (Wildman–Crippen MR) is 91.8 cm³/mol. The molecule has 2 aromatic rings. The van der Waals surface area contributed by atoms with Crippen molar-refractivity contribution < 1.29 is 0 Å². The van der Waals surface area contributed by atoms with Gasteiger partial charge in [-0.3, -0.25) is 0 Å². The highest BCUT2D eigenvalue weighted by Crippen LogP contribution is 2.26. The Labute approximate surface area is 132 Å². The van der Waals surface area contributed by atoms with Crippen molar-refractivity contribution in [3.05, 3.63) is 64.7 Å². The maximum Gasteiger partial charge on any atom is 0.0232 e. The Morgan fingerprint density at radius 3 is 2.67 bits per heavy atom. The Morgan fingerprint density at radius 1 is 1.10 bits per heavy atom. The molecule has 0 aliphatic heterocycles. The molecule has 0 heterocycles. The van der Waals surface area contributed by atoms with Crippen LogP contribution in [-0.2, 0) is 12.3 Å². The van der Waals surface area contributed by atoms with Crippen LogP contribution in [0.25, 0.3) is 0 Å². The van der Waals surface area contributed by atoms with Crippen LogP contribution >= 0.6 is 11.8 Å². The topological polar surface area (TPSA) is 12.0 Å². The SMILES string of the molecule is Cc1cccc(CSc2ccc(CNC3CC3)c(C)c2)c1. The van der Waals surface area contributed by atoms with Crippen LogP contribution in [0.3, 0.4) is 0 Å². The van der Waals surface area contributed by atoms with Crippen LogP contribution in [0.15, 0.2) is 47.4 Å². The van der Waals surface area contributed by atoms with E-state index in [-0.39, 0.29) is 0 Å². The predicted octanol–water partition coefficient (Wildman–Crippen LogP) is 4.85. The zero-order valence-corrected chi connectivity index (χ0v) is 13.7. The van der Waals surface area contributed by atoms with E-state index >= 15 is 0 Å².